The Hall–Kier alpha value is -3.56. The SMILES string of the molecule is O=C(CC[C@H](NC(=O)OCC1c2ccccc2-c2ccccc21)C(F)(F)F)NC(C(=O)O)C1CC1. The third-order valence-corrected chi connectivity index (χ3v) is 6.37. The second kappa shape index (κ2) is 9.97. The number of carboxylic acid groups (broad SMARTS) is 1. The van der Waals surface area contributed by atoms with Crippen LogP contribution in [0.15, 0.2) is 48.5 Å². The van der Waals surface area contributed by atoms with Gasteiger partial charge in [-0.15, -0.1) is 0 Å². The molecule has 35 heavy (non-hydrogen) atoms. The molecule has 2 aromatic rings. The summed E-state index contributed by atoms with van der Waals surface area (Å²) in [5, 5.41) is 13.2. The largest absolute Gasteiger partial charge is 0.480 e. The standard InChI is InChI=1S/C25H25F3N2O5/c26-25(27,28)20(11-12-21(31)30-22(23(32)33)14-9-10-14)29-24(34)35-13-19-17-7-3-1-5-15(17)16-6-2-4-8-18(16)19/h1-8,14,19-20,22H,9-13H2,(H,29,34)(H,30,31)(H,32,33)/t20-,22?/m0/s1. The summed E-state index contributed by atoms with van der Waals surface area (Å²) >= 11 is 0. The molecule has 2 atom stereocenters. The van der Waals surface area contributed by atoms with Gasteiger partial charge in [-0.2, -0.15) is 13.2 Å². The molecule has 2 amide bonds. The number of halogens is 3. The number of benzene rings is 2. The highest BCUT2D eigenvalue weighted by Crippen LogP contribution is 2.44. The molecule has 0 bridgehead atoms. The normalized spacial score (nSPS) is 16.5. The number of alkyl carbamates (subject to hydrolysis) is 1. The first kappa shape index (κ1) is 24.6. The molecule has 0 radical (unpaired) electrons. The van der Waals surface area contributed by atoms with Crippen LogP contribution >= 0.6 is 0 Å². The fourth-order valence-electron chi connectivity index (χ4n) is 4.43. The minimum Gasteiger partial charge on any atom is -0.480 e. The number of carbonyl (C=O) groups is 3. The Morgan fingerprint density at radius 1 is 0.971 bits per heavy atom. The van der Waals surface area contributed by atoms with Gasteiger partial charge in [0, 0.05) is 12.3 Å². The maximum atomic E-state index is 13.5. The zero-order valence-electron chi connectivity index (χ0n) is 18.7. The van der Waals surface area contributed by atoms with Crippen molar-refractivity contribution >= 4 is 18.0 Å². The van der Waals surface area contributed by atoms with Crippen molar-refractivity contribution in [2.24, 2.45) is 5.92 Å². The number of hydrogen-bond acceptors (Lipinski definition) is 4. The van der Waals surface area contributed by atoms with Crippen LogP contribution in [0, 0.1) is 5.92 Å². The van der Waals surface area contributed by atoms with Gasteiger partial charge in [-0.25, -0.2) is 9.59 Å². The van der Waals surface area contributed by atoms with Crippen LogP contribution < -0.4 is 10.6 Å². The van der Waals surface area contributed by atoms with Crippen molar-refractivity contribution < 1.29 is 37.4 Å². The Kier molecular flexibility index (Phi) is 7.00. The lowest BCUT2D eigenvalue weighted by molar-refractivity contribution is -0.157. The Morgan fingerprint density at radius 3 is 2.06 bits per heavy atom. The van der Waals surface area contributed by atoms with Crippen molar-refractivity contribution in [2.45, 2.75) is 49.9 Å². The minimum absolute atomic E-state index is 0.146. The van der Waals surface area contributed by atoms with Crippen LogP contribution in [0.3, 0.4) is 0 Å². The van der Waals surface area contributed by atoms with Gasteiger partial charge < -0.3 is 20.5 Å². The summed E-state index contributed by atoms with van der Waals surface area (Å²) in [5.41, 5.74) is 3.83. The summed E-state index contributed by atoms with van der Waals surface area (Å²) in [5.74, 6) is -2.54. The molecule has 1 saturated carbocycles. The third kappa shape index (κ3) is 5.75. The molecule has 0 aromatic heterocycles. The molecule has 2 aromatic carbocycles. The van der Waals surface area contributed by atoms with Gasteiger partial charge in [-0.05, 0) is 47.4 Å². The number of alkyl halides is 3. The van der Waals surface area contributed by atoms with Gasteiger partial charge in [0.1, 0.15) is 18.7 Å². The molecule has 7 nitrogen and oxygen atoms in total. The van der Waals surface area contributed by atoms with Crippen LogP contribution in [0.25, 0.3) is 11.1 Å². The first-order valence-electron chi connectivity index (χ1n) is 11.4. The highest BCUT2D eigenvalue weighted by Gasteiger charge is 2.42. The van der Waals surface area contributed by atoms with E-state index in [1.165, 1.54) is 0 Å². The van der Waals surface area contributed by atoms with Gasteiger partial charge in [0.15, 0.2) is 0 Å². The van der Waals surface area contributed by atoms with Crippen molar-refractivity contribution in [3.8, 4) is 11.1 Å². The molecule has 2 aliphatic carbocycles. The lowest BCUT2D eigenvalue weighted by Crippen LogP contribution is -2.47. The van der Waals surface area contributed by atoms with Gasteiger partial charge in [-0.1, -0.05) is 48.5 Å². The van der Waals surface area contributed by atoms with Crippen LogP contribution in [0.4, 0.5) is 18.0 Å². The number of nitrogens with one attached hydrogen (secondary N) is 2. The summed E-state index contributed by atoms with van der Waals surface area (Å²) in [6, 6.07) is 11.7. The van der Waals surface area contributed by atoms with E-state index in [9.17, 15) is 27.6 Å². The topological polar surface area (TPSA) is 105 Å². The number of aliphatic carboxylic acids is 1. The van der Waals surface area contributed by atoms with Gasteiger partial charge in [0.25, 0.3) is 0 Å². The van der Waals surface area contributed by atoms with Gasteiger partial charge in [0.05, 0.1) is 0 Å². The third-order valence-electron chi connectivity index (χ3n) is 6.37. The molecule has 0 heterocycles. The summed E-state index contributed by atoms with van der Waals surface area (Å²) in [6.45, 7) is -0.146. The van der Waals surface area contributed by atoms with Crippen LogP contribution in [0.1, 0.15) is 42.7 Å². The lowest BCUT2D eigenvalue weighted by Gasteiger charge is -2.22. The van der Waals surface area contributed by atoms with E-state index >= 15 is 0 Å². The highest BCUT2D eigenvalue weighted by molar-refractivity contribution is 5.84. The van der Waals surface area contributed by atoms with Gasteiger partial charge >= 0.3 is 18.2 Å². The molecule has 10 heteroatoms. The molecule has 186 valence electrons. The first-order chi connectivity index (χ1) is 16.6. The highest BCUT2D eigenvalue weighted by atomic mass is 19.4. The average molecular weight is 490 g/mol. The number of carbonyl (C=O) groups excluding carboxylic acids is 2. The van der Waals surface area contributed by atoms with Crippen molar-refractivity contribution in [3.63, 3.8) is 0 Å². The predicted octanol–water partition coefficient (Wildman–Crippen LogP) is 4.22. The molecular weight excluding hydrogens is 465 g/mol. The van der Waals surface area contributed by atoms with E-state index in [1.54, 1.807) is 0 Å². The van der Waals surface area contributed by atoms with E-state index in [4.69, 9.17) is 9.84 Å². The van der Waals surface area contributed by atoms with E-state index in [0.29, 0.717) is 12.8 Å². The number of fused-ring (bicyclic) bond motifs is 3. The summed E-state index contributed by atoms with van der Waals surface area (Å²) in [7, 11) is 0. The molecular formula is C25H25F3N2O5. The molecule has 0 spiro atoms. The molecule has 1 unspecified atom stereocenters. The predicted molar refractivity (Wildman–Crippen MR) is 120 cm³/mol. The van der Waals surface area contributed by atoms with Crippen molar-refractivity contribution in [3.05, 3.63) is 59.7 Å². The van der Waals surface area contributed by atoms with Gasteiger partial charge in [-0.3, -0.25) is 4.79 Å². The van der Waals surface area contributed by atoms with Crippen LogP contribution in [0.5, 0.6) is 0 Å². The number of ether oxygens (including phenoxy) is 1. The smallest absolute Gasteiger partial charge is 0.408 e. The molecule has 2 aliphatic rings. The van der Waals surface area contributed by atoms with Crippen molar-refractivity contribution in [1.29, 1.82) is 0 Å². The lowest BCUT2D eigenvalue weighted by atomic mass is 9.98. The molecule has 0 saturated heterocycles. The van der Waals surface area contributed by atoms with Crippen LogP contribution in [-0.2, 0) is 14.3 Å². The summed E-state index contributed by atoms with van der Waals surface area (Å²) in [4.78, 5) is 35.6. The van der Waals surface area contributed by atoms with Crippen LogP contribution in [0.2, 0.25) is 0 Å². The maximum absolute atomic E-state index is 13.5. The summed E-state index contributed by atoms with van der Waals surface area (Å²) in [6.07, 6.45) is -6.09. The fraction of sp³-hybridized carbons (Fsp3) is 0.400. The zero-order chi connectivity index (χ0) is 25.2. The van der Waals surface area contributed by atoms with Gasteiger partial charge in [0.2, 0.25) is 5.91 Å². The Morgan fingerprint density at radius 2 is 1.54 bits per heavy atom. The quantitative estimate of drug-likeness (QED) is 0.488. The minimum atomic E-state index is -4.81. The van der Waals surface area contributed by atoms with Crippen molar-refractivity contribution in [2.75, 3.05) is 6.61 Å². The zero-order valence-corrected chi connectivity index (χ0v) is 18.7. The summed E-state index contributed by atoms with van der Waals surface area (Å²) < 4.78 is 45.7. The Bertz CT molecular complexity index is 1070. The first-order valence-corrected chi connectivity index (χ1v) is 11.4. The number of amides is 2. The molecule has 1 fully saturated rings. The molecule has 0 aliphatic heterocycles. The van der Waals surface area contributed by atoms with Crippen molar-refractivity contribution in [1.82, 2.24) is 10.6 Å². The monoisotopic (exact) mass is 490 g/mol. The van der Waals surface area contributed by atoms with E-state index in [1.807, 2.05) is 53.8 Å². The van der Waals surface area contributed by atoms with E-state index < -0.39 is 49.1 Å². The maximum Gasteiger partial charge on any atom is 0.408 e. The van der Waals surface area contributed by atoms with E-state index in [2.05, 4.69) is 5.32 Å². The Balaban J connectivity index is 1.34. The molecule has 3 N–H and O–H groups in total. The number of carboxylic acids is 1. The fourth-order valence-corrected chi connectivity index (χ4v) is 4.43. The van der Waals surface area contributed by atoms with E-state index in [0.717, 1.165) is 22.3 Å². The Labute approximate surface area is 199 Å². The second-order valence-electron chi connectivity index (χ2n) is 8.82. The second-order valence-corrected chi connectivity index (χ2v) is 8.82. The number of rotatable bonds is 9. The van der Waals surface area contributed by atoms with E-state index in [-0.39, 0.29) is 18.4 Å². The number of hydrogen-bond donors (Lipinski definition) is 3. The average Bonchev–Trinajstić information content (AvgIpc) is 3.60. The van der Waals surface area contributed by atoms with Crippen LogP contribution in [-0.4, -0.2) is 47.9 Å². The molecule has 4 rings (SSSR count).